The normalized spacial score (nSPS) is 16.3. The van der Waals surface area contributed by atoms with Crippen LogP contribution in [0.1, 0.15) is 66.2 Å². The van der Waals surface area contributed by atoms with Gasteiger partial charge in [-0.15, -0.1) is 0 Å². The molecule has 0 bridgehead atoms. The number of imide groups is 2. The molecule has 1 saturated heterocycles. The van der Waals surface area contributed by atoms with Crippen molar-refractivity contribution >= 4 is 41.2 Å². The van der Waals surface area contributed by atoms with Crippen molar-refractivity contribution in [2.24, 2.45) is 0 Å². The molecule has 2 aliphatic rings. The summed E-state index contributed by atoms with van der Waals surface area (Å²) in [5.41, 5.74) is 0.714. The van der Waals surface area contributed by atoms with Crippen molar-refractivity contribution in [3.63, 3.8) is 0 Å². The molecule has 1 unspecified atom stereocenters. The largest absolute Gasteiger partial charge is 0.460 e. The summed E-state index contributed by atoms with van der Waals surface area (Å²) in [4.78, 5) is 74.4. The highest BCUT2D eigenvalue weighted by Gasteiger charge is 2.45. The first-order valence-electron chi connectivity index (χ1n) is 13.9. The maximum absolute atomic E-state index is 13.1. The Kier molecular flexibility index (Phi) is 12.8. The Bertz CT molecular complexity index is 1200. The number of unbranched alkanes of at least 4 members (excludes halogenated alkanes) is 2. The number of piperidine rings is 1. The number of carbonyl (C=O) groups excluding carboxylic acids is 6. The van der Waals surface area contributed by atoms with E-state index >= 15 is 0 Å². The Morgan fingerprint density at radius 3 is 2.26 bits per heavy atom. The lowest BCUT2D eigenvalue weighted by Crippen LogP contribution is -2.54. The number of carbonyl (C=O) groups is 6. The van der Waals surface area contributed by atoms with Crippen LogP contribution in [0, 0.1) is 0 Å². The summed E-state index contributed by atoms with van der Waals surface area (Å²) >= 11 is 0. The number of rotatable bonds is 18. The van der Waals surface area contributed by atoms with Crippen LogP contribution in [-0.4, -0.2) is 92.7 Å². The number of benzene rings is 1. The molecule has 42 heavy (non-hydrogen) atoms. The quantitative estimate of drug-likeness (QED) is 0.112. The predicted octanol–water partition coefficient (Wildman–Crippen LogP) is 1.76. The maximum Gasteiger partial charge on any atom is 0.333 e. The zero-order valence-electron chi connectivity index (χ0n) is 23.7. The fourth-order valence-electron chi connectivity index (χ4n) is 4.36. The van der Waals surface area contributed by atoms with E-state index < -0.39 is 35.6 Å². The van der Waals surface area contributed by atoms with E-state index in [-0.39, 0.29) is 55.2 Å². The fourth-order valence-corrected chi connectivity index (χ4v) is 4.36. The Hall–Kier alpha value is -3.94. The highest BCUT2D eigenvalue weighted by Crippen LogP contribution is 2.32. The minimum atomic E-state index is -1.07. The van der Waals surface area contributed by atoms with Gasteiger partial charge in [-0.25, -0.2) is 4.79 Å². The molecule has 13 heteroatoms. The van der Waals surface area contributed by atoms with Gasteiger partial charge < -0.3 is 24.3 Å². The molecule has 2 aliphatic heterocycles. The van der Waals surface area contributed by atoms with Gasteiger partial charge in [0.05, 0.1) is 49.8 Å². The summed E-state index contributed by atoms with van der Waals surface area (Å²) in [5, 5.41) is 4.87. The van der Waals surface area contributed by atoms with Crippen molar-refractivity contribution in [3.05, 3.63) is 41.5 Å². The van der Waals surface area contributed by atoms with E-state index in [9.17, 15) is 28.8 Å². The van der Waals surface area contributed by atoms with Crippen molar-refractivity contribution in [2.45, 2.75) is 51.5 Å². The molecular weight excluding hydrogens is 550 g/mol. The molecule has 3 rings (SSSR count). The van der Waals surface area contributed by atoms with Gasteiger partial charge in [0.25, 0.3) is 11.8 Å². The van der Waals surface area contributed by atoms with Crippen LogP contribution in [-0.2, 0) is 38.1 Å². The maximum atomic E-state index is 13.1. The number of amides is 5. The minimum absolute atomic E-state index is 0.0284. The molecule has 1 aromatic carbocycles. The Morgan fingerprint density at radius 1 is 0.929 bits per heavy atom. The lowest BCUT2D eigenvalue weighted by Gasteiger charge is -2.27. The summed E-state index contributed by atoms with van der Waals surface area (Å²) in [6.45, 7) is 7.66. The predicted molar refractivity (Wildman–Crippen MR) is 148 cm³/mol. The van der Waals surface area contributed by atoms with E-state index in [1.807, 2.05) is 0 Å². The molecule has 0 saturated carbocycles. The average molecular weight is 588 g/mol. The monoisotopic (exact) mass is 587 g/mol. The number of fused-ring (bicyclic) bond motifs is 1. The van der Waals surface area contributed by atoms with Crippen LogP contribution in [0.3, 0.4) is 0 Å². The van der Waals surface area contributed by atoms with Gasteiger partial charge in [0, 0.05) is 25.0 Å². The minimum Gasteiger partial charge on any atom is -0.460 e. The second kappa shape index (κ2) is 16.5. The Morgan fingerprint density at radius 2 is 1.60 bits per heavy atom. The Labute approximate surface area is 243 Å². The van der Waals surface area contributed by atoms with Crippen LogP contribution < -0.4 is 10.6 Å². The molecule has 1 aromatic rings. The van der Waals surface area contributed by atoms with E-state index in [0.29, 0.717) is 45.0 Å². The average Bonchev–Trinajstić information content (AvgIpc) is 3.20. The zero-order valence-corrected chi connectivity index (χ0v) is 23.7. The summed E-state index contributed by atoms with van der Waals surface area (Å²) < 4.78 is 21.1. The van der Waals surface area contributed by atoms with E-state index in [1.54, 1.807) is 19.1 Å². The van der Waals surface area contributed by atoms with Crippen molar-refractivity contribution in [3.8, 4) is 0 Å². The van der Waals surface area contributed by atoms with Gasteiger partial charge in [-0.2, -0.15) is 0 Å². The van der Waals surface area contributed by atoms with Gasteiger partial charge in [-0.1, -0.05) is 19.1 Å². The van der Waals surface area contributed by atoms with Gasteiger partial charge in [-0.3, -0.25) is 34.2 Å². The SMILES string of the molecule is C=C(C)C(=O)OCCOCCOCCOCCCCCC(=O)Nc1cccc2c1C(=O)N(C1CCC(=O)NC1=O)C2=O. The lowest BCUT2D eigenvalue weighted by atomic mass is 10.0. The molecule has 2 N–H and O–H groups in total. The van der Waals surface area contributed by atoms with Crippen LogP contribution in [0.4, 0.5) is 5.69 Å². The van der Waals surface area contributed by atoms with Gasteiger partial charge >= 0.3 is 5.97 Å². The first kappa shape index (κ1) is 32.6. The third-order valence-electron chi connectivity index (χ3n) is 6.49. The van der Waals surface area contributed by atoms with Crippen LogP contribution in [0.15, 0.2) is 30.4 Å². The second-order valence-corrected chi connectivity index (χ2v) is 9.79. The molecule has 0 spiro atoms. The van der Waals surface area contributed by atoms with E-state index in [4.69, 9.17) is 18.9 Å². The molecule has 0 aromatic heterocycles. The molecule has 5 amide bonds. The summed E-state index contributed by atoms with van der Waals surface area (Å²) in [5.74, 6) is -3.17. The molecule has 1 atom stereocenters. The molecule has 0 aliphatic carbocycles. The van der Waals surface area contributed by atoms with Gasteiger partial charge in [0.15, 0.2) is 0 Å². The zero-order chi connectivity index (χ0) is 30.5. The number of ether oxygens (including phenoxy) is 4. The van der Waals surface area contributed by atoms with Gasteiger partial charge in [-0.05, 0) is 38.3 Å². The van der Waals surface area contributed by atoms with E-state index in [2.05, 4.69) is 17.2 Å². The first-order chi connectivity index (χ1) is 20.2. The topological polar surface area (TPSA) is 167 Å². The molecule has 0 radical (unpaired) electrons. The molecule has 2 heterocycles. The number of anilines is 1. The third-order valence-corrected chi connectivity index (χ3v) is 6.49. The van der Waals surface area contributed by atoms with Gasteiger partial charge in [0.2, 0.25) is 17.7 Å². The number of esters is 1. The molecule has 228 valence electrons. The number of hydrogen-bond acceptors (Lipinski definition) is 10. The van der Waals surface area contributed by atoms with Crippen molar-refractivity contribution in [1.29, 1.82) is 0 Å². The van der Waals surface area contributed by atoms with Gasteiger partial charge in [0.1, 0.15) is 12.6 Å². The van der Waals surface area contributed by atoms with Crippen LogP contribution in [0.25, 0.3) is 0 Å². The molecule has 1 fully saturated rings. The third kappa shape index (κ3) is 9.29. The van der Waals surface area contributed by atoms with E-state index in [0.717, 1.165) is 17.7 Å². The fraction of sp³-hybridized carbons (Fsp3) is 0.517. The smallest absolute Gasteiger partial charge is 0.333 e. The van der Waals surface area contributed by atoms with Crippen molar-refractivity contribution in [1.82, 2.24) is 10.2 Å². The molecule has 13 nitrogen and oxygen atoms in total. The highest BCUT2D eigenvalue weighted by atomic mass is 16.6. The number of hydrogen-bond donors (Lipinski definition) is 2. The summed E-state index contributed by atoms with van der Waals surface area (Å²) in [6, 6.07) is 3.51. The van der Waals surface area contributed by atoms with Crippen molar-refractivity contribution in [2.75, 3.05) is 51.6 Å². The van der Waals surface area contributed by atoms with Crippen LogP contribution >= 0.6 is 0 Å². The first-order valence-corrected chi connectivity index (χ1v) is 13.9. The number of nitrogens with zero attached hydrogens (tertiary/aromatic N) is 1. The lowest BCUT2D eigenvalue weighted by molar-refractivity contribution is -0.140. The molecular formula is C29H37N3O10. The highest BCUT2D eigenvalue weighted by molar-refractivity contribution is 6.26. The van der Waals surface area contributed by atoms with Crippen LogP contribution in [0.5, 0.6) is 0 Å². The standard InChI is InChI=1S/C29H37N3O10/c1-19(2)29(38)42-18-17-41-16-15-40-14-13-39-12-5-3-4-9-23(33)30-21-8-6-7-20-25(21)28(37)32(27(20)36)22-10-11-24(34)31-26(22)35/h6-8,22H,1,3-5,9-18H2,2H3,(H,30,33)(H,31,34,35). The van der Waals surface area contributed by atoms with Crippen molar-refractivity contribution < 1.29 is 47.7 Å². The number of nitrogens with one attached hydrogen (secondary N) is 2. The summed E-state index contributed by atoms with van der Waals surface area (Å²) in [7, 11) is 0. The summed E-state index contributed by atoms with van der Waals surface area (Å²) in [6.07, 6.45) is 2.43. The van der Waals surface area contributed by atoms with E-state index in [1.165, 1.54) is 6.07 Å². The Balaban J connectivity index is 1.26. The second-order valence-electron chi connectivity index (χ2n) is 9.79. The van der Waals surface area contributed by atoms with Crippen LogP contribution in [0.2, 0.25) is 0 Å².